The summed E-state index contributed by atoms with van der Waals surface area (Å²) in [5, 5.41) is 3.56. The molecule has 4 unspecified atom stereocenters. The van der Waals surface area contributed by atoms with E-state index in [1.54, 1.807) is 0 Å². The summed E-state index contributed by atoms with van der Waals surface area (Å²) < 4.78 is 5.36. The van der Waals surface area contributed by atoms with Crippen molar-refractivity contribution in [3.05, 3.63) is 0 Å². The van der Waals surface area contributed by atoms with Gasteiger partial charge in [0.25, 0.3) is 0 Å². The minimum atomic E-state index is 0.398. The smallest absolute Gasteiger partial charge is 0.0543 e. The Kier molecular flexibility index (Phi) is 7.14. The first-order valence-corrected chi connectivity index (χ1v) is 7.42. The molecule has 0 aromatic rings. The Morgan fingerprint density at radius 3 is 2.53 bits per heavy atom. The third-order valence-corrected chi connectivity index (χ3v) is 4.67. The standard InChI is InChI=1S/C15H31NO/c1-5-13-8-6-7-9-14(13)15(16-3)11-10-12(2)17-4/h12-16H,5-11H2,1-4H3. The second-order valence-corrected chi connectivity index (χ2v) is 5.64. The van der Waals surface area contributed by atoms with Crippen molar-refractivity contribution in [2.75, 3.05) is 14.2 Å². The van der Waals surface area contributed by atoms with Gasteiger partial charge < -0.3 is 10.1 Å². The molecule has 1 fully saturated rings. The summed E-state index contributed by atoms with van der Waals surface area (Å²) in [7, 11) is 3.94. The summed E-state index contributed by atoms with van der Waals surface area (Å²) in [4.78, 5) is 0. The third-order valence-electron chi connectivity index (χ3n) is 4.67. The lowest BCUT2D eigenvalue weighted by atomic mass is 9.73. The van der Waals surface area contributed by atoms with Crippen molar-refractivity contribution in [2.45, 2.75) is 70.9 Å². The minimum absolute atomic E-state index is 0.398. The van der Waals surface area contributed by atoms with E-state index in [1.807, 2.05) is 7.11 Å². The molecule has 0 radical (unpaired) electrons. The van der Waals surface area contributed by atoms with Crippen LogP contribution in [0.25, 0.3) is 0 Å². The lowest BCUT2D eigenvalue weighted by Crippen LogP contribution is -2.39. The van der Waals surface area contributed by atoms with Gasteiger partial charge in [-0.15, -0.1) is 0 Å². The molecule has 1 saturated carbocycles. The maximum atomic E-state index is 5.36. The van der Waals surface area contributed by atoms with E-state index in [-0.39, 0.29) is 0 Å². The third kappa shape index (κ3) is 4.59. The number of hydrogen-bond donors (Lipinski definition) is 1. The molecule has 0 aromatic carbocycles. The van der Waals surface area contributed by atoms with Crippen molar-refractivity contribution in [1.29, 1.82) is 0 Å². The fourth-order valence-corrected chi connectivity index (χ4v) is 3.38. The number of methoxy groups -OCH3 is 1. The molecule has 0 saturated heterocycles. The van der Waals surface area contributed by atoms with E-state index < -0.39 is 0 Å². The van der Waals surface area contributed by atoms with Crippen LogP contribution in [0, 0.1) is 11.8 Å². The van der Waals surface area contributed by atoms with E-state index in [1.165, 1.54) is 44.9 Å². The van der Waals surface area contributed by atoms with Crippen LogP contribution in [0.2, 0.25) is 0 Å². The molecule has 1 N–H and O–H groups in total. The summed E-state index contributed by atoms with van der Waals surface area (Å²) in [5.74, 6) is 1.84. The molecule has 102 valence electrons. The summed E-state index contributed by atoms with van der Waals surface area (Å²) in [6.07, 6.45) is 9.92. The normalized spacial score (nSPS) is 28.9. The van der Waals surface area contributed by atoms with Crippen molar-refractivity contribution in [3.8, 4) is 0 Å². The van der Waals surface area contributed by atoms with E-state index in [9.17, 15) is 0 Å². The number of hydrogen-bond acceptors (Lipinski definition) is 2. The first kappa shape index (κ1) is 15.0. The zero-order valence-electron chi connectivity index (χ0n) is 12.2. The van der Waals surface area contributed by atoms with Gasteiger partial charge >= 0.3 is 0 Å². The minimum Gasteiger partial charge on any atom is -0.382 e. The molecule has 2 nitrogen and oxygen atoms in total. The van der Waals surface area contributed by atoms with Crippen LogP contribution in [-0.2, 0) is 4.74 Å². The van der Waals surface area contributed by atoms with Crippen LogP contribution in [0.15, 0.2) is 0 Å². The van der Waals surface area contributed by atoms with Gasteiger partial charge in [-0.1, -0.05) is 32.6 Å². The van der Waals surface area contributed by atoms with E-state index in [4.69, 9.17) is 4.74 Å². The monoisotopic (exact) mass is 241 g/mol. The number of rotatable bonds is 7. The molecule has 0 bridgehead atoms. The van der Waals surface area contributed by atoms with E-state index in [0.29, 0.717) is 12.1 Å². The Balaban J connectivity index is 2.46. The predicted octanol–water partition coefficient (Wildman–Crippen LogP) is 3.61. The quantitative estimate of drug-likeness (QED) is 0.735. The van der Waals surface area contributed by atoms with E-state index in [2.05, 4.69) is 26.2 Å². The molecule has 0 aromatic heterocycles. The lowest BCUT2D eigenvalue weighted by Gasteiger charge is -2.37. The SMILES string of the molecule is CCC1CCCCC1C(CCC(C)OC)NC. The van der Waals surface area contributed by atoms with Gasteiger partial charge in [0.15, 0.2) is 0 Å². The molecule has 0 heterocycles. The van der Waals surface area contributed by atoms with Crippen LogP contribution >= 0.6 is 0 Å². The van der Waals surface area contributed by atoms with Crippen molar-refractivity contribution in [1.82, 2.24) is 5.32 Å². The van der Waals surface area contributed by atoms with Crippen molar-refractivity contribution in [3.63, 3.8) is 0 Å². The zero-order valence-corrected chi connectivity index (χ0v) is 12.2. The fraction of sp³-hybridized carbons (Fsp3) is 1.00. The fourth-order valence-electron chi connectivity index (χ4n) is 3.38. The van der Waals surface area contributed by atoms with Crippen LogP contribution in [0.1, 0.15) is 58.8 Å². The Bertz CT molecular complexity index is 195. The van der Waals surface area contributed by atoms with Crippen LogP contribution in [-0.4, -0.2) is 26.3 Å². The molecule has 17 heavy (non-hydrogen) atoms. The second kappa shape index (κ2) is 8.10. The maximum Gasteiger partial charge on any atom is 0.0543 e. The van der Waals surface area contributed by atoms with Crippen LogP contribution in [0.3, 0.4) is 0 Å². The summed E-state index contributed by atoms with van der Waals surface area (Å²) in [5.41, 5.74) is 0. The summed E-state index contributed by atoms with van der Waals surface area (Å²) >= 11 is 0. The molecule has 0 amide bonds. The highest BCUT2D eigenvalue weighted by Gasteiger charge is 2.29. The highest BCUT2D eigenvalue weighted by molar-refractivity contribution is 4.84. The van der Waals surface area contributed by atoms with Gasteiger partial charge in [-0.2, -0.15) is 0 Å². The van der Waals surface area contributed by atoms with Crippen molar-refractivity contribution in [2.24, 2.45) is 11.8 Å². The first-order chi connectivity index (χ1) is 8.22. The molecule has 0 aliphatic heterocycles. The largest absolute Gasteiger partial charge is 0.382 e. The lowest BCUT2D eigenvalue weighted by molar-refractivity contribution is 0.0962. The van der Waals surface area contributed by atoms with Gasteiger partial charge in [0.2, 0.25) is 0 Å². The van der Waals surface area contributed by atoms with Crippen LogP contribution in [0.5, 0.6) is 0 Å². The van der Waals surface area contributed by atoms with Gasteiger partial charge in [-0.3, -0.25) is 0 Å². The van der Waals surface area contributed by atoms with Gasteiger partial charge in [0.05, 0.1) is 6.10 Å². The van der Waals surface area contributed by atoms with E-state index in [0.717, 1.165) is 11.8 Å². The second-order valence-electron chi connectivity index (χ2n) is 5.64. The maximum absolute atomic E-state index is 5.36. The first-order valence-electron chi connectivity index (χ1n) is 7.42. The van der Waals surface area contributed by atoms with Crippen LogP contribution in [0.4, 0.5) is 0 Å². The molecule has 0 spiro atoms. The Morgan fingerprint density at radius 2 is 1.94 bits per heavy atom. The highest BCUT2D eigenvalue weighted by Crippen LogP contribution is 2.35. The van der Waals surface area contributed by atoms with Gasteiger partial charge in [0.1, 0.15) is 0 Å². The number of ether oxygens (including phenoxy) is 1. The molecule has 1 aliphatic carbocycles. The van der Waals surface area contributed by atoms with Gasteiger partial charge in [-0.25, -0.2) is 0 Å². The number of nitrogens with one attached hydrogen (secondary N) is 1. The summed E-state index contributed by atoms with van der Waals surface area (Å²) in [6, 6.07) is 0.692. The average molecular weight is 241 g/mol. The Labute approximate surface area is 108 Å². The Hall–Kier alpha value is -0.0800. The highest BCUT2D eigenvalue weighted by atomic mass is 16.5. The van der Waals surface area contributed by atoms with E-state index >= 15 is 0 Å². The molecule has 4 atom stereocenters. The van der Waals surface area contributed by atoms with Gasteiger partial charge in [0, 0.05) is 13.2 Å². The molecular formula is C15H31NO. The molecular weight excluding hydrogens is 210 g/mol. The summed E-state index contributed by atoms with van der Waals surface area (Å²) in [6.45, 7) is 4.53. The van der Waals surface area contributed by atoms with Crippen molar-refractivity contribution >= 4 is 0 Å². The topological polar surface area (TPSA) is 21.3 Å². The zero-order chi connectivity index (χ0) is 12.7. The van der Waals surface area contributed by atoms with Crippen LogP contribution < -0.4 is 5.32 Å². The van der Waals surface area contributed by atoms with Gasteiger partial charge in [-0.05, 0) is 45.1 Å². The molecule has 2 heteroatoms. The Morgan fingerprint density at radius 1 is 1.24 bits per heavy atom. The van der Waals surface area contributed by atoms with Crippen molar-refractivity contribution < 1.29 is 4.74 Å². The molecule has 1 rings (SSSR count). The molecule has 1 aliphatic rings. The predicted molar refractivity (Wildman–Crippen MR) is 74.3 cm³/mol. The average Bonchev–Trinajstić information content (AvgIpc) is 2.39.